The second kappa shape index (κ2) is 5.84. The highest BCUT2D eigenvalue weighted by atomic mass is 16.5. The van der Waals surface area contributed by atoms with Crippen LogP contribution in [-0.4, -0.2) is 61.2 Å². The lowest BCUT2D eigenvalue weighted by Crippen LogP contribution is -2.46. The van der Waals surface area contributed by atoms with Gasteiger partial charge in [-0.25, -0.2) is 9.50 Å². The van der Waals surface area contributed by atoms with Gasteiger partial charge in [-0.05, 0) is 14.0 Å². The van der Waals surface area contributed by atoms with Crippen LogP contribution in [0, 0.1) is 6.92 Å². The van der Waals surface area contributed by atoms with Gasteiger partial charge in [0.15, 0.2) is 11.5 Å². The largest absolute Gasteiger partial charge is 0.338 e. The molecule has 1 aliphatic rings. The van der Waals surface area contributed by atoms with E-state index in [0.717, 1.165) is 25.3 Å². The predicted molar refractivity (Wildman–Crippen MR) is 85.5 cm³/mol. The Labute approximate surface area is 137 Å². The summed E-state index contributed by atoms with van der Waals surface area (Å²) in [6.45, 7) is 4.98. The van der Waals surface area contributed by atoms with Crippen LogP contribution in [0.3, 0.4) is 0 Å². The molecule has 4 heterocycles. The summed E-state index contributed by atoms with van der Waals surface area (Å²) in [7, 11) is 2.05. The third-order valence-corrected chi connectivity index (χ3v) is 4.38. The second-order valence-electron chi connectivity index (χ2n) is 6.15. The van der Waals surface area contributed by atoms with E-state index in [4.69, 9.17) is 4.52 Å². The number of aromatic nitrogens is 5. The van der Waals surface area contributed by atoms with Crippen molar-refractivity contribution in [2.24, 2.45) is 0 Å². The zero-order chi connectivity index (χ0) is 16.7. The molecule has 1 N–H and O–H groups in total. The van der Waals surface area contributed by atoms with Crippen molar-refractivity contribution >= 4 is 5.65 Å². The SMILES string of the molecule is Cc1noc(C2CN(Cc3cc(=O)n4[nH]ccc4n3)CCN2C)n1. The molecular weight excluding hydrogens is 310 g/mol. The Kier molecular flexibility index (Phi) is 3.66. The summed E-state index contributed by atoms with van der Waals surface area (Å²) in [5, 5.41) is 6.73. The lowest BCUT2D eigenvalue weighted by atomic mass is 10.1. The number of nitrogens with one attached hydrogen (secondary N) is 1. The van der Waals surface area contributed by atoms with Gasteiger partial charge in [0.05, 0.1) is 5.69 Å². The van der Waals surface area contributed by atoms with E-state index >= 15 is 0 Å². The Hall–Kier alpha value is -2.52. The molecule has 4 rings (SSSR count). The van der Waals surface area contributed by atoms with Crippen LogP contribution >= 0.6 is 0 Å². The number of aromatic amines is 1. The van der Waals surface area contributed by atoms with Crippen LogP contribution in [0.25, 0.3) is 5.65 Å². The number of aryl methyl sites for hydroxylation is 1. The summed E-state index contributed by atoms with van der Waals surface area (Å²) >= 11 is 0. The first kappa shape index (κ1) is 15.0. The normalized spacial score (nSPS) is 20.0. The number of nitrogens with zero attached hydrogens (tertiary/aromatic N) is 6. The highest BCUT2D eigenvalue weighted by Gasteiger charge is 2.30. The molecule has 1 atom stereocenters. The zero-order valence-corrected chi connectivity index (χ0v) is 13.6. The predicted octanol–water partition coefficient (Wildman–Crippen LogP) is 0.203. The monoisotopic (exact) mass is 329 g/mol. The van der Waals surface area contributed by atoms with Crippen LogP contribution in [0.4, 0.5) is 0 Å². The first-order valence-corrected chi connectivity index (χ1v) is 7.89. The van der Waals surface area contributed by atoms with Crippen molar-refractivity contribution in [2.45, 2.75) is 19.5 Å². The molecule has 1 fully saturated rings. The average Bonchev–Trinajstić information content (AvgIpc) is 3.18. The maximum Gasteiger partial charge on any atom is 0.272 e. The molecule has 0 spiro atoms. The highest BCUT2D eigenvalue weighted by molar-refractivity contribution is 5.36. The molecule has 9 nitrogen and oxygen atoms in total. The molecule has 1 aliphatic heterocycles. The van der Waals surface area contributed by atoms with E-state index in [1.54, 1.807) is 18.3 Å². The lowest BCUT2D eigenvalue weighted by Gasteiger charge is -2.37. The van der Waals surface area contributed by atoms with Crippen LogP contribution in [0.1, 0.15) is 23.5 Å². The summed E-state index contributed by atoms with van der Waals surface area (Å²) < 4.78 is 6.76. The molecule has 0 amide bonds. The minimum atomic E-state index is -0.0989. The van der Waals surface area contributed by atoms with E-state index in [-0.39, 0.29) is 11.6 Å². The van der Waals surface area contributed by atoms with Gasteiger partial charge >= 0.3 is 0 Å². The van der Waals surface area contributed by atoms with Crippen molar-refractivity contribution in [3.05, 3.63) is 46.1 Å². The third kappa shape index (κ3) is 2.72. The quantitative estimate of drug-likeness (QED) is 0.733. The first-order chi connectivity index (χ1) is 11.6. The van der Waals surface area contributed by atoms with E-state index in [1.165, 1.54) is 4.52 Å². The maximum absolute atomic E-state index is 12.1. The summed E-state index contributed by atoms with van der Waals surface area (Å²) in [4.78, 5) is 25.4. The van der Waals surface area contributed by atoms with Crippen LogP contribution < -0.4 is 5.56 Å². The fourth-order valence-electron chi connectivity index (χ4n) is 3.08. The Morgan fingerprint density at radius 3 is 3.04 bits per heavy atom. The number of piperazine rings is 1. The van der Waals surface area contributed by atoms with Crippen molar-refractivity contribution in [2.75, 3.05) is 26.7 Å². The Bertz CT molecular complexity index is 912. The maximum atomic E-state index is 12.1. The van der Waals surface area contributed by atoms with Crippen LogP contribution in [0.2, 0.25) is 0 Å². The summed E-state index contributed by atoms with van der Waals surface area (Å²) in [6, 6.07) is 3.42. The van der Waals surface area contributed by atoms with E-state index < -0.39 is 0 Å². The molecule has 24 heavy (non-hydrogen) atoms. The standard InChI is InChI=1S/C15H19N7O2/c1-10-17-15(24-19-10)12-9-21(6-5-20(12)2)8-11-7-14(23)22-13(18-11)3-4-16-22/h3-4,7,12,16H,5-6,8-9H2,1-2H3. The molecule has 1 unspecified atom stereocenters. The molecule has 3 aromatic rings. The number of fused-ring (bicyclic) bond motifs is 1. The molecule has 0 bridgehead atoms. The van der Waals surface area contributed by atoms with Gasteiger partial charge in [-0.1, -0.05) is 5.16 Å². The summed E-state index contributed by atoms with van der Waals surface area (Å²) in [6.07, 6.45) is 1.71. The van der Waals surface area contributed by atoms with Crippen LogP contribution in [-0.2, 0) is 6.54 Å². The van der Waals surface area contributed by atoms with Gasteiger partial charge in [-0.3, -0.25) is 19.7 Å². The van der Waals surface area contributed by atoms with Crippen molar-refractivity contribution in [1.29, 1.82) is 0 Å². The molecule has 0 aromatic carbocycles. The van der Waals surface area contributed by atoms with E-state index in [0.29, 0.717) is 23.9 Å². The zero-order valence-electron chi connectivity index (χ0n) is 13.6. The Morgan fingerprint density at radius 2 is 2.25 bits per heavy atom. The van der Waals surface area contributed by atoms with Crippen molar-refractivity contribution in [3.8, 4) is 0 Å². The van der Waals surface area contributed by atoms with E-state index in [1.807, 2.05) is 6.92 Å². The summed E-state index contributed by atoms with van der Waals surface area (Å²) in [5.41, 5.74) is 1.30. The molecule has 1 saturated heterocycles. The third-order valence-electron chi connectivity index (χ3n) is 4.38. The summed E-state index contributed by atoms with van der Waals surface area (Å²) in [5.74, 6) is 1.27. The molecule has 0 aliphatic carbocycles. The van der Waals surface area contributed by atoms with Crippen molar-refractivity contribution < 1.29 is 4.52 Å². The minimum Gasteiger partial charge on any atom is -0.338 e. The second-order valence-corrected chi connectivity index (χ2v) is 6.15. The lowest BCUT2D eigenvalue weighted by molar-refractivity contribution is 0.0707. The molecule has 0 radical (unpaired) electrons. The van der Waals surface area contributed by atoms with Gasteiger partial charge < -0.3 is 4.52 Å². The highest BCUT2D eigenvalue weighted by Crippen LogP contribution is 2.23. The fraction of sp³-hybridized carbons (Fsp3) is 0.467. The first-order valence-electron chi connectivity index (χ1n) is 7.89. The number of hydrogen-bond donors (Lipinski definition) is 1. The Morgan fingerprint density at radius 1 is 1.38 bits per heavy atom. The molecular formula is C15H19N7O2. The minimum absolute atomic E-state index is 0.0528. The number of hydrogen-bond acceptors (Lipinski definition) is 7. The van der Waals surface area contributed by atoms with Crippen LogP contribution in [0.5, 0.6) is 0 Å². The van der Waals surface area contributed by atoms with Crippen LogP contribution in [0.15, 0.2) is 27.6 Å². The van der Waals surface area contributed by atoms with Gasteiger partial charge in [0.2, 0.25) is 5.89 Å². The molecule has 126 valence electrons. The van der Waals surface area contributed by atoms with E-state index in [9.17, 15) is 4.79 Å². The van der Waals surface area contributed by atoms with Gasteiger partial charge in [0, 0.05) is 44.5 Å². The molecule has 9 heteroatoms. The van der Waals surface area contributed by atoms with Gasteiger partial charge in [-0.2, -0.15) is 4.98 Å². The van der Waals surface area contributed by atoms with Crippen molar-refractivity contribution in [3.63, 3.8) is 0 Å². The number of H-pyrrole nitrogens is 1. The van der Waals surface area contributed by atoms with E-state index in [2.05, 4.69) is 37.1 Å². The molecule has 3 aromatic heterocycles. The number of likely N-dealkylation sites (N-methyl/N-ethyl adjacent to an activating group) is 1. The van der Waals surface area contributed by atoms with Gasteiger partial charge in [0.25, 0.3) is 5.56 Å². The topological polar surface area (TPSA) is 95.6 Å². The smallest absolute Gasteiger partial charge is 0.272 e. The fourth-order valence-corrected chi connectivity index (χ4v) is 3.08. The Balaban J connectivity index is 1.54. The average molecular weight is 329 g/mol. The van der Waals surface area contributed by atoms with Gasteiger partial charge in [-0.15, -0.1) is 0 Å². The molecule has 0 saturated carbocycles. The van der Waals surface area contributed by atoms with Gasteiger partial charge in [0.1, 0.15) is 6.04 Å². The number of rotatable bonds is 3. The van der Waals surface area contributed by atoms with Crippen molar-refractivity contribution in [1.82, 2.24) is 34.5 Å².